The van der Waals surface area contributed by atoms with Gasteiger partial charge in [-0.15, -0.1) is 0 Å². The number of para-hydroxylation sites is 1. The van der Waals surface area contributed by atoms with Crippen LogP contribution in [0.1, 0.15) is 18.4 Å². The van der Waals surface area contributed by atoms with E-state index in [-0.39, 0.29) is 0 Å². The quantitative estimate of drug-likeness (QED) is 0.911. The molecule has 0 amide bonds. The van der Waals surface area contributed by atoms with Crippen LogP contribution in [0.5, 0.6) is 0 Å². The standard InChI is InChI=1S/C15H20N4/c16-14-5-4-8-18(12-14)10-13-9-17-19(11-13)15-6-2-1-3-7-15/h1-3,6-7,9,11,14H,4-5,8,10,12,16H2/t14-/m1/s1. The summed E-state index contributed by atoms with van der Waals surface area (Å²) in [7, 11) is 0. The summed E-state index contributed by atoms with van der Waals surface area (Å²) < 4.78 is 1.93. The predicted molar refractivity (Wildman–Crippen MR) is 76.1 cm³/mol. The molecule has 1 saturated heterocycles. The largest absolute Gasteiger partial charge is 0.327 e. The van der Waals surface area contributed by atoms with Gasteiger partial charge in [0.05, 0.1) is 11.9 Å². The van der Waals surface area contributed by atoms with Gasteiger partial charge in [-0.2, -0.15) is 5.10 Å². The molecule has 0 saturated carbocycles. The minimum absolute atomic E-state index is 0.331. The Hall–Kier alpha value is -1.65. The highest BCUT2D eigenvalue weighted by atomic mass is 15.3. The molecule has 1 atom stereocenters. The summed E-state index contributed by atoms with van der Waals surface area (Å²) in [4.78, 5) is 2.42. The molecule has 0 radical (unpaired) electrons. The molecule has 1 aliphatic heterocycles. The van der Waals surface area contributed by atoms with Crippen molar-refractivity contribution in [3.8, 4) is 5.69 Å². The SMILES string of the molecule is N[C@@H]1CCCN(Cc2cnn(-c3ccccc3)c2)C1. The molecule has 0 spiro atoms. The Bertz CT molecular complexity index is 520. The fraction of sp³-hybridized carbons (Fsp3) is 0.400. The first-order valence-corrected chi connectivity index (χ1v) is 6.88. The summed E-state index contributed by atoms with van der Waals surface area (Å²) in [5, 5.41) is 4.43. The molecule has 4 nitrogen and oxygen atoms in total. The molecule has 2 N–H and O–H groups in total. The maximum atomic E-state index is 6.01. The topological polar surface area (TPSA) is 47.1 Å². The lowest BCUT2D eigenvalue weighted by atomic mass is 10.1. The van der Waals surface area contributed by atoms with E-state index in [0.717, 1.165) is 31.7 Å². The zero-order valence-corrected chi connectivity index (χ0v) is 11.1. The van der Waals surface area contributed by atoms with E-state index < -0.39 is 0 Å². The zero-order chi connectivity index (χ0) is 13.1. The van der Waals surface area contributed by atoms with Crippen LogP contribution in [0.15, 0.2) is 42.7 Å². The van der Waals surface area contributed by atoms with Crippen LogP contribution in [0.4, 0.5) is 0 Å². The lowest BCUT2D eigenvalue weighted by Crippen LogP contribution is -2.42. The van der Waals surface area contributed by atoms with Crippen LogP contribution in [0, 0.1) is 0 Å². The van der Waals surface area contributed by atoms with Crippen molar-refractivity contribution < 1.29 is 0 Å². The highest BCUT2D eigenvalue weighted by Gasteiger charge is 2.17. The van der Waals surface area contributed by atoms with Crippen molar-refractivity contribution in [3.05, 3.63) is 48.3 Å². The molecule has 0 unspecified atom stereocenters. The molecule has 1 aliphatic rings. The Morgan fingerprint density at radius 3 is 2.89 bits per heavy atom. The molecular weight excluding hydrogens is 236 g/mol. The van der Waals surface area contributed by atoms with Crippen LogP contribution in [0.2, 0.25) is 0 Å². The molecule has 1 aromatic heterocycles. The third-order valence-corrected chi connectivity index (χ3v) is 3.60. The Morgan fingerprint density at radius 1 is 1.26 bits per heavy atom. The molecule has 4 heteroatoms. The Morgan fingerprint density at radius 2 is 2.11 bits per heavy atom. The molecule has 2 heterocycles. The van der Waals surface area contributed by atoms with Crippen molar-refractivity contribution >= 4 is 0 Å². The van der Waals surface area contributed by atoms with Gasteiger partial charge < -0.3 is 5.73 Å². The zero-order valence-electron chi connectivity index (χ0n) is 11.1. The molecule has 1 fully saturated rings. The molecule has 100 valence electrons. The number of nitrogens with zero attached hydrogens (tertiary/aromatic N) is 3. The number of aromatic nitrogens is 2. The smallest absolute Gasteiger partial charge is 0.0645 e. The fourth-order valence-electron chi connectivity index (χ4n) is 2.66. The Balaban J connectivity index is 1.68. The lowest BCUT2D eigenvalue weighted by Gasteiger charge is -2.30. The number of nitrogens with two attached hydrogens (primary N) is 1. The van der Waals surface area contributed by atoms with Gasteiger partial charge >= 0.3 is 0 Å². The van der Waals surface area contributed by atoms with E-state index in [9.17, 15) is 0 Å². The summed E-state index contributed by atoms with van der Waals surface area (Å²) in [5.74, 6) is 0. The van der Waals surface area contributed by atoms with Crippen molar-refractivity contribution in [2.75, 3.05) is 13.1 Å². The van der Waals surface area contributed by atoms with Crippen LogP contribution < -0.4 is 5.73 Å². The van der Waals surface area contributed by atoms with Gasteiger partial charge in [-0.1, -0.05) is 18.2 Å². The number of piperidine rings is 1. The molecule has 1 aromatic carbocycles. The van der Waals surface area contributed by atoms with E-state index in [2.05, 4.69) is 28.3 Å². The van der Waals surface area contributed by atoms with Gasteiger partial charge in [0.1, 0.15) is 0 Å². The molecule has 2 aromatic rings. The van der Waals surface area contributed by atoms with Gasteiger partial charge in [0.25, 0.3) is 0 Å². The minimum Gasteiger partial charge on any atom is -0.327 e. The average Bonchev–Trinajstić information content (AvgIpc) is 2.88. The number of likely N-dealkylation sites (tertiary alicyclic amines) is 1. The van der Waals surface area contributed by atoms with Crippen LogP contribution >= 0.6 is 0 Å². The number of hydrogen-bond donors (Lipinski definition) is 1. The first-order chi connectivity index (χ1) is 9.31. The third kappa shape index (κ3) is 3.03. The van der Waals surface area contributed by atoms with Gasteiger partial charge in [0.15, 0.2) is 0 Å². The van der Waals surface area contributed by atoms with E-state index in [1.807, 2.05) is 29.1 Å². The van der Waals surface area contributed by atoms with Gasteiger partial charge in [-0.25, -0.2) is 4.68 Å². The second-order valence-corrected chi connectivity index (χ2v) is 5.27. The van der Waals surface area contributed by atoms with Crippen LogP contribution in [-0.2, 0) is 6.54 Å². The Labute approximate surface area is 113 Å². The molecule has 19 heavy (non-hydrogen) atoms. The van der Waals surface area contributed by atoms with Crippen molar-refractivity contribution in [1.29, 1.82) is 0 Å². The molecule has 0 bridgehead atoms. The average molecular weight is 256 g/mol. The second-order valence-electron chi connectivity index (χ2n) is 5.27. The van der Waals surface area contributed by atoms with Crippen molar-refractivity contribution in [1.82, 2.24) is 14.7 Å². The van der Waals surface area contributed by atoms with E-state index in [1.54, 1.807) is 0 Å². The number of hydrogen-bond acceptors (Lipinski definition) is 3. The Kier molecular flexibility index (Phi) is 3.62. The monoisotopic (exact) mass is 256 g/mol. The number of benzene rings is 1. The highest BCUT2D eigenvalue weighted by Crippen LogP contribution is 2.13. The second kappa shape index (κ2) is 5.55. The van der Waals surface area contributed by atoms with E-state index in [1.165, 1.54) is 12.0 Å². The first-order valence-electron chi connectivity index (χ1n) is 6.88. The summed E-state index contributed by atoms with van der Waals surface area (Å²) in [6.45, 7) is 3.08. The highest BCUT2D eigenvalue weighted by molar-refractivity contribution is 5.30. The van der Waals surface area contributed by atoms with E-state index >= 15 is 0 Å². The van der Waals surface area contributed by atoms with Crippen LogP contribution in [-0.4, -0.2) is 33.8 Å². The van der Waals surface area contributed by atoms with Crippen molar-refractivity contribution in [2.24, 2.45) is 5.73 Å². The molecule has 3 rings (SSSR count). The fourth-order valence-corrected chi connectivity index (χ4v) is 2.66. The lowest BCUT2D eigenvalue weighted by molar-refractivity contribution is 0.201. The summed E-state index contributed by atoms with van der Waals surface area (Å²) in [6, 6.07) is 10.5. The maximum Gasteiger partial charge on any atom is 0.0645 e. The van der Waals surface area contributed by atoms with Crippen molar-refractivity contribution in [3.63, 3.8) is 0 Å². The minimum atomic E-state index is 0.331. The van der Waals surface area contributed by atoms with E-state index in [4.69, 9.17) is 5.73 Å². The van der Waals surface area contributed by atoms with Crippen molar-refractivity contribution in [2.45, 2.75) is 25.4 Å². The summed E-state index contributed by atoms with van der Waals surface area (Å²) in [5.41, 5.74) is 8.36. The first kappa shape index (κ1) is 12.4. The van der Waals surface area contributed by atoms with Gasteiger partial charge in [-0.3, -0.25) is 4.90 Å². The summed E-state index contributed by atoms with van der Waals surface area (Å²) >= 11 is 0. The predicted octanol–water partition coefficient (Wildman–Crippen LogP) is 1.80. The van der Waals surface area contributed by atoms with Gasteiger partial charge in [0.2, 0.25) is 0 Å². The van der Waals surface area contributed by atoms with Gasteiger partial charge in [0, 0.05) is 30.9 Å². The van der Waals surface area contributed by atoms with Crippen LogP contribution in [0.3, 0.4) is 0 Å². The van der Waals surface area contributed by atoms with E-state index in [0.29, 0.717) is 6.04 Å². The summed E-state index contributed by atoms with van der Waals surface area (Å²) in [6.07, 6.45) is 6.41. The van der Waals surface area contributed by atoms with Crippen LogP contribution in [0.25, 0.3) is 5.69 Å². The number of rotatable bonds is 3. The van der Waals surface area contributed by atoms with Gasteiger partial charge in [-0.05, 0) is 31.5 Å². The normalized spacial score (nSPS) is 20.6. The third-order valence-electron chi connectivity index (χ3n) is 3.60. The molecular formula is C15H20N4. The molecule has 0 aliphatic carbocycles. The maximum absolute atomic E-state index is 6.01.